The van der Waals surface area contributed by atoms with E-state index < -0.39 is 45.5 Å². The van der Waals surface area contributed by atoms with Crippen molar-refractivity contribution in [3.05, 3.63) is 58.0 Å². The van der Waals surface area contributed by atoms with Crippen molar-refractivity contribution in [3.8, 4) is 11.3 Å². The number of nitrogens with two attached hydrogens (primary N) is 1. The predicted molar refractivity (Wildman–Crippen MR) is 97.3 cm³/mol. The molecular weight excluding hydrogens is 377 g/mol. The quantitative estimate of drug-likeness (QED) is 0.510. The van der Waals surface area contributed by atoms with Crippen molar-refractivity contribution >= 4 is 28.3 Å². The van der Waals surface area contributed by atoms with E-state index in [-0.39, 0.29) is 30.2 Å². The maximum absolute atomic E-state index is 14.3. The van der Waals surface area contributed by atoms with Crippen LogP contribution in [-0.2, 0) is 9.53 Å². The molecule has 1 heterocycles. The molecule has 0 aliphatic rings. The number of carbonyl (C=O) groups excluding carboxylic acids is 1. The molecule has 28 heavy (non-hydrogen) atoms. The standard InChI is InChI=1S/C19H15F3N2O4/c1-2-27-16(26)8-24-13-4-3-9(5-10(13)20)15-7-14(25)17-18(23)11(21)6-12(22)19(17)28-15/h3-7,24H,2,8,23H2,1H3. The van der Waals surface area contributed by atoms with E-state index in [9.17, 15) is 22.8 Å². The van der Waals surface area contributed by atoms with Crippen LogP contribution in [0.15, 0.2) is 39.5 Å². The van der Waals surface area contributed by atoms with Crippen LogP contribution in [0.2, 0.25) is 0 Å². The van der Waals surface area contributed by atoms with Gasteiger partial charge in [-0.3, -0.25) is 9.59 Å². The first kappa shape index (κ1) is 19.3. The van der Waals surface area contributed by atoms with E-state index in [0.717, 1.165) is 12.1 Å². The number of ether oxygens (including phenoxy) is 1. The number of nitrogens with one attached hydrogen (secondary N) is 1. The van der Waals surface area contributed by atoms with E-state index in [1.807, 2.05) is 0 Å². The Labute approximate surface area is 156 Å². The van der Waals surface area contributed by atoms with Crippen molar-refractivity contribution < 1.29 is 27.1 Å². The minimum absolute atomic E-state index is 0.0254. The largest absolute Gasteiger partial charge is 0.465 e. The number of hydrogen-bond acceptors (Lipinski definition) is 6. The van der Waals surface area contributed by atoms with Crippen LogP contribution in [-0.4, -0.2) is 19.1 Å². The van der Waals surface area contributed by atoms with Gasteiger partial charge in [0.1, 0.15) is 23.9 Å². The molecule has 0 amide bonds. The van der Waals surface area contributed by atoms with Gasteiger partial charge in [0.25, 0.3) is 0 Å². The molecule has 0 atom stereocenters. The van der Waals surface area contributed by atoms with Crippen molar-refractivity contribution in [2.24, 2.45) is 0 Å². The molecule has 0 aliphatic heterocycles. The highest BCUT2D eigenvalue weighted by Crippen LogP contribution is 2.30. The fourth-order valence-electron chi connectivity index (χ4n) is 2.62. The normalized spacial score (nSPS) is 10.9. The summed E-state index contributed by atoms with van der Waals surface area (Å²) < 4.78 is 52.0. The van der Waals surface area contributed by atoms with Crippen LogP contribution in [0.3, 0.4) is 0 Å². The summed E-state index contributed by atoms with van der Waals surface area (Å²) in [4.78, 5) is 23.6. The van der Waals surface area contributed by atoms with Gasteiger partial charge in [-0.05, 0) is 25.1 Å². The van der Waals surface area contributed by atoms with E-state index in [2.05, 4.69) is 5.32 Å². The average molecular weight is 392 g/mol. The van der Waals surface area contributed by atoms with Crippen LogP contribution in [0.1, 0.15) is 6.92 Å². The zero-order valence-electron chi connectivity index (χ0n) is 14.6. The molecule has 0 bridgehead atoms. The lowest BCUT2D eigenvalue weighted by atomic mass is 10.1. The smallest absolute Gasteiger partial charge is 0.325 e. The molecule has 0 radical (unpaired) electrons. The van der Waals surface area contributed by atoms with Crippen molar-refractivity contribution in [3.63, 3.8) is 0 Å². The van der Waals surface area contributed by atoms with Crippen molar-refractivity contribution in [1.29, 1.82) is 0 Å². The van der Waals surface area contributed by atoms with Gasteiger partial charge in [-0.15, -0.1) is 0 Å². The van der Waals surface area contributed by atoms with Crippen molar-refractivity contribution in [1.82, 2.24) is 0 Å². The van der Waals surface area contributed by atoms with E-state index in [0.29, 0.717) is 6.07 Å². The molecule has 3 aromatic rings. The SMILES string of the molecule is CCOC(=O)CNc1ccc(-c2cc(=O)c3c(N)c(F)cc(F)c3o2)cc1F. The average Bonchev–Trinajstić information content (AvgIpc) is 2.65. The van der Waals surface area contributed by atoms with E-state index in [1.165, 1.54) is 12.1 Å². The lowest BCUT2D eigenvalue weighted by Crippen LogP contribution is -2.17. The Hall–Kier alpha value is -3.49. The molecule has 0 unspecified atom stereocenters. The van der Waals surface area contributed by atoms with Crippen LogP contribution in [0.5, 0.6) is 0 Å². The Kier molecular flexibility index (Phi) is 5.25. The van der Waals surface area contributed by atoms with Gasteiger partial charge in [-0.25, -0.2) is 13.2 Å². The van der Waals surface area contributed by atoms with E-state index in [1.54, 1.807) is 6.92 Å². The number of fused-ring (bicyclic) bond motifs is 1. The van der Waals surface area contributed by atoms with Gasteiger partial charge in [-0.1, -0.05) is 0 Å². The summed E-state index contributed by atoms with van der Waals surface area (Å²) in [6.07, 6.45) is 0. The second-order valence-corrected chi connectivity index (χ2v) is 5.79. The summed E-state index contributed by atoms with van der Waals surface area (Å²) >= 11 is 0. The van der Waals surface area contributed by atoms with Crippen LogP contribution >= 0.6 is 0 Å². The number of halogens is 3. The van der Waals surface area contributed by atoms with Gasteiger partial charge in [0.2, 0.25) is 0 Å². The molecule has 1 aromatic heterocycles. The van der Waals surface area contributed by atoms with Crippen molar-refractivity contribution in [2.75, 3.05) is 24.2 Å². The predicted octanol–water partition coefficient (Wildman–Crippen LogP) is 3.43. The number of rotatable bonds is 5. The molecule has 146 valence electrons. The second-order valence-electron chi connectivity index (χ2n) is 5.79. The van der Waals surface area contributed by atoms with Gasteiger partial charge in [0, 0.05) is 17.7 Å². The van der Waals surface area contributed by atoms with Crippen LogP contribution in [0.4, 0.5) is 24.5 Å². The lowest BCUT2D eigenvalue weighted by Gasteiger charge is -2.10. The summed E-state index contributed by atoms with van der Waals surface area (Å²) in [5, 5.41) is 2.16. The van der Waals surface area contributed by atoms with E-state index >= 15 is 0 Å². The first-order valence-electron chi connectivity index (χ1n) is 8.22. The third-order valence-electron chi connectivity index (χ3n) is 3.93. The zero-order chi connectivity index (χ0) is 20.4. The number of esters is 1. The van der Waals surface area contributed by atoms with Gasteiger partial charge in [0.05, 0.1) is 23.4 Å². The highest BCUT2D eigenvalue weighted by Gasteiger charge is 2.18. The number of carbonyl (C=O) groups is 1. The monoisotopic (exact) mass is 392 g/mol. The van der Waals surface area contributed by atoms with Crippen molar-refractivity contribution in [2.45, 2.75) is 6.92 Å². The molecule has 3 N–H and O–H groups in total. The molecule has 0 spiro atoms. The lowest BCUT2D eigenvalue weighted by molar-refractivity contribution is -0.140. The fourth-order valence-corrected chi connectivity index (χ4v) is 2.62. The number of benzene rings is 2. The van der Waals surface area contributed by atoms with Gasteiger partial charge >= 0.3 is 5.97 Å². The molecule has 6 nitrogen and oxygen atoms in total. The molecule has 9 heteroatoms. The Morgan fingerprint density at radius 2 is 1.89 bits per heavy atom. The topological polar surface area (TPSA) is 94.6 Å². The first-order valence-corrected chi connectivity index (χ1v) is 8.22. The van der Waals surface area contributed by atoms with Crippen LogP contribution in [0.25, 0.3) is 22.3 Å². The highest BCUT2D eigenvalue weighted by atomic mass is 19.1. The second kappa shape index (κ2) is 7.63. The Morgan fingerprint density at radius 3 is 2.57 bits per heavy atom. The minimum Gasteiger partial charge on any atom is -0.465 e. The Bertz CT molecular complexity index is 1130. The van der Waals surface area contributed by atoms with Crippen LogP contribution < -0.4 is 16.5 Å². The highest BCUT2D eigenvalue weighted by molar-refractivity contribution is 5.90. The summed E-state index contributed by atoms with van der Waals surface area (Å²) in [6.45, 7) is 1.62. The maximum atomic E-state index is 14.3. The zero-order valence-corrected chi connectivity index (χ0v) is 14.6. The molecule has 2 aromatic carbocycles. The molecule has 0 saturated heterocycles. The summed E-state index contributed by atoms with van der Waals surface area (Å²) in [7, 11) is 0. The first-order chi connectivity index (χ1) is 13.3. The summed E-state index contributed by atoms with van der Waals surface area (Å²) in [6, 6.07) is 5.25. The van der Waals surface area contributed by atoms with E-state index in [4.69, 9.17) is 14.9 Å². The van der Waals surface area contributed by atoms with Crippen LogP contribution in [0, 0.1) is 17.5 Å². The molecule has 0 aliphatic carbocycles. The van der Waals surface area contributed by atoms with Gasteiger partial charge in [0.15, 0.2) is 16.8 Å². The maximum Gasteiger partial charge on any atom is 0.325 e. The number of hydrogen-bond donors (Lipinski definition) is 2. The minimum atomic E-state index is -1.10. The summed E-state index contributed by atoms with van der Waals surface area (Å²) in [5.74, 6) is -3.59. The number of nitrogen functional groups attached to an aromatic ring is 1. The molecule has 3 rings (SSSR count). The molecule has 0 fully saturated rings. The molecule has 0 saturated carbocycles. The Balaban J connectivity index is 1.98. The Morgan fingerprint density at radius 1 is 1.14 bits per heavy atom. The molecular formula is C19H15F3N2O4. The third kappa shape index (κ3) is 3.64. The van der Waals surface area contributed by atoms with Gasteiger partial charge < -0.3 is 20.2 Å². The third-order valence-corrected chi connectivity index (χ3v) is 3.93. The number of anilines is 2. The summed E-state index contributed by atoms with van der Waals surface area (Å²) in [5.41, 5.74) is 3.84. The van der Waals surface area contributed by atoms with Gasteiger partial charge in [-0.2, -0.15) is 0 Å². The fraction of sp³-hybridized carbons (Fsp3) is 0.158.